The van der Waals surface area contributed by atoms with Crippen LogP contribution in [0.1, 0.15) is 17.3 Å². The predicted octanol–water partition coefficient (Wildman–Crippen LogP) is 1.68. The van der Waals surface area contributed by atoms with Crippen LogP contribution in [0.15, 0.2) is 24.5 Å². The van der Waals surface area contributed by atoms with Gasteiger partial charge in [-0.1, -0.05) is 0 Å². The monoisotopic (exact) mass is 220 g/mol. The lowest BCUT2D eigenvalue weighted by Crippen LogP contribution is -2.05. The molecule has 0 atom stereocenters. The smallest absolute Gasteiger partial charge is 0.334 e. The van der Waals surface area contributed by atoms with E-state index in [1.807, 2.05) is 17.7 Å². The van der Waals surface area contributed by atoms with Crippen molar-refractivity contribution in [2.75, 3.05) is 6.61 Å². The number of hydrogen-bond donors (Lipinski definition) is 0. The number of imidazole rings is 1. The summed E-state index contributed by atoms with van der Waals surface area (Å²) >= 11 is 0. The average molecular weight is 220 g/mol. The van der Waals surface area contributed by atoms with Gasteiger partial charge in [0.25, 0.3) is 0 Å². The van der Waals surface area contributed by atoms with E-state index < -0.39 is 5.97 Å². The van der Waals surface area contributed by atoms with Crippen molar-refractivity contribution in [3.05, 3.63) is 30.1 Å². The number of nitrogens with zero attached hydrogens (tertiary/aromatic N) is 2. The van der Waals surface area contributed by atoms with Gasteiger partial charge in [-0.3, -0.25) is 4.89 Å². The first-order chi connectivity index (χ1) is 7.72. The molecule has 2 aromatic rings. The van der Waals surface area contributed by atoms with E-state index in [2.05, 4.69) is 14.8 Å². The minimum Gasteiger partial charge on any atom is -0.334 e. The van der Waals surface area contributed by atoms with E-state index in [0.29, 0.717) is 12.2 Å². The van der Waals surface area contributed by atoms with E-state index in [1.54, 1.807) is 25.4 Å². The minimum absolute atomic E-state index is 0.331. The van der Waals surface area contributed by atoms with E-state index >= 15 is 0 Å². The fourth-order valence-electron chi connectivity index (χ4n) is 1.42. The van der Waals surface area contributed by atoms with E-state index in [-0.39, 0.29) is 0 Å². The van der Waals surface area contributed by atoms with Crippen LogP contribution in [-0.2, 0) is 16.8 Å². The molecule has 0 saturated carbocycles. The molecule has 5 heteroatoms. The third-order valence-corrected chi connectivity index (χ3v) is 2.21. The molecule has 0 spiro atoms. The first kappa shape index (κ1) is 10.6. The molecule has 0 aliphatic heterocycles. The van der Waals surface area contributed by atoms with E-state index in [1.165, 1.54) is 0 Å². The van der Waals surface area contributed by atoms with Crippen molar-refractivity contribution >= 4 is 17.0 Å². The van der Waals surface area contributed by atoms with Gasteiger partial charge in [-0.05, 0) is 25.1 Å². The predicted molar refractivity (Wildman–Crippen MR) is 57.8 cm³/mol. The molecule has 1 aromatic carbocycles. The molecule has 84 valence electrons. The largest absolute Gasteiger partial charge is 0.373 e. The number of carbonyl (C=O) groups is 1. The Balaban J connectivity index is 2.29. The highest BCUT2D eigenvalue weighted by Crippen LogP contribution is 2.14. The highest BCUT2D eigenvalue weighted by Gasteiger charge is 2.10. The van der Waals surface area contributed by atoms with Gasteiger partial charge in [0.1, 0.15) is 0 Å². The topological polar surface area (TPSA) is 53.4 Å². The summed E-state index contributed by atoms with van der Waals surface area (Å²) in [5.41, 5.74) is 2.15. The quantitative estimate of drug-likeness (QED) is 0.583. The number of rotatable bonds is 3. The van der Waals surface area contributed by atoms with Crippen molar-refractivity contribution in [3.63, 3.8) is 0 Å². The number of aryl methyl sites for hydroxylation is 1. The zero-order chi connectivity index (χ0) is 11.5. The Hall–Kier alpha value is -1.88. The van der Waals surface area contributed by atoms with E-state index in [0.717, 1.165) is 11.0 Å². The summed E-state index contributed by atoms with van der Waals surface area (Å²) < 4.78 is 1.88. The lowest BCUT2D eigenvalue weighted by Gasteiger charge is -2.01. The van der Waals surface area contributed by atoms with E-state index in [4.69, 9.17) is 0 Å². The van der Waals surface area contributed by atoms with E-state index in [9.17, 15) is 4.79 Å². The second-order valence-corrected chi connectivity index (χ2v) is 3.34. The summed E-state index contributed by atoms with van der Waals surface area (Å²) in [5, 5.41) is 0. The zero-order valence-corrected chi connectivity index (χ0v) is 9.14. The lowest BCUT2D eigenvalue weighted by molar-refractivity contribution is -0.236. The molecule has 0 unspecified atom stereocenters. The van der Waals surface area contributed by atoms with Crippen LogP contribution in [0.3, 0.4) is 0 Å². The Morgan fingerprint density at radius 3 is 3.06 bits per heavy atom. The number of fused-ring (bicyclic) bond motifs is 1. The van der Waals surface area contributed by atoms with Gasteiger partial charge in [0.05, 0.1) is 29.5 Å². The third-order valence-electron chi connectivity index (χ3n) is 2.21. The summed E-state index contributed by atoms with van der Waals surface area (Å²) in [7, 11) is 1.90. The second-order valence-electron chi connectivity index (χ2n) is 3.34. The highest BCUT2D eigenvalue weighted by molar-refractivity contribution is 5.93. The van der Waals surface area contributed by atoms with Crippen molar-refractivity contribution in [2.45, 2.75) is 6.92 Å². The summed E-state index contributed by atoms with van der Waals surface area (Å²) in [6.07, 6.45) is 1.70. The van der Waals surface area contributed by atoms with Gasteiger partial charge in [-0.2, -0.15) is 4.89 Å². The van der Waals surface area contributed by atoms with Crippen LogP contribution in [0.5, 0.6) is 0 Å². The summed E-state index contributed by atoms with van der Waals surface area (Å²) in [6, 6.07) is 5.19. The Morgan fingerprint density at radius 2 is 2.31 bits per heavy atom. The molecule has 0 amide bonds. The van der Waals surface area contributed by atoms with Crippen LogP contribution >= 0.6 is 0 Å². The second kappa shape index (κ2) is 4.32. The van der Waals surface area contributed by atoms with Gasteiger partial charge in [-0.25, -0.2) is 9.78 Å². The number of aromatic nitrogens is 2. The van der Waals surface area contributed by atoms with Crippen LogP contribution in [0.25, 0.3) is 11.0 Å². The molecule has 0 aliphatic rings. The Morgan fingerprint density at radius 1 is 1.50 bits per heavy atom. The Bertz CT molecular complexity index is 519. The fourth-order valence-corrected chi connectivity index (χ4v) is 1.42. The summed E-state index contributed by atoms with van der Waals surface area (Å²) in [6.45, 7) is 2.08. The molecular weight excluding hydrogens is 208 g/mol. The first-order valence-corrected chi connectivity index (χ1v) is 4.97. The Kier molecular flexibility index (Phi) is 2.87. The summed E-state index contributed by atoms with van der Waals surface area (Å²) in [4.78, 5) is 24.8. The molecule has 1 heterocycles. The first-order valence-electron chi connectivity index (χ1n) is 4.97. The molecule has 0 N–H and O–H groups in total. The van der Waals surface area contributed by atoms with Crippen LogP contribution in [0.2, 0.25) is 0 Å². The van der Waals surface area contributed by atoms with Crippen LogP contribution in [0, 0.1) is 0 Å². The Labute approximate surface area is 92.5 Å². The van der Waals surface area contributed by atoms with Crippen molar-refractivity contribution in [2.24, 2.45) is 7.05 Å². The van der Waals surface area contributed by atoms with Gasteiger partial charge in [0.15, 0.2) is 0 Å². The number of carbonyl (C=O) groups excluding carboxylic acids is 1. The molecule has 0 bridgehead atoms. The molecule has 0 saturated heterocycles. The molecule has 1 aromatic heterocycles. The molecule has 16 heavy (non-hydrogen) atoms. The van der Waals surface area contributed by atoms with Crippen LogP contribution < -0.4 is 0 Å². The van der Waals surface area contributed by atoms with Crippen molar-refractivity contribution in [1.82, 2.24) is 9.55 Å². The van der Waals surface area contributed by atoms with Crippen LogP contribution in [-0.4, -0.2) is 22.1 Å². The van der Waals surface area contributed by atoms with Gasteiger partial charge >= 0.3 is 5.97 Å². The number of hydrogen-bond acceptors (Lipinski definition) is 4. The molecule has 5 nitrogen and oxygen atoms in total. The minimum atomic E-state index is -0.505. The third kappa shape index (κ3) is 1.90. The SMILES string of the molecule is CCOOC(=O)c1ccc2c(c1)ncn2C. The van der Waals surface area contributed by atoms with Crippen molar-refractivity contribution in [3.8, 4) is 0 Å². The van der Waals surface area contributed by atoms with Crippen LogP contribution in [0.4, 0.5) is 0 Å². The molecule has 2 rings (SSSR count). The van der Waals surface area contributed by atoms with Crippen molar-refractivity contribution in [1.29, 1.82) is 0 Å². The molecule has 0 radical (unpaired) electrons. The maximum Gasteiger partial charge on any atom is 0.373 e. The standard InChI is InChI=1S/C11H12N2O3/c1-3-15-16-11(14)8-4-5-10-9(6-8)12-7-13(10)2/h4-7H,3H2,1-2H3. The summed E-state index contributed by atoms with van der Waals surface area (Å²) in [5.74, 6) is -0.505. The average Bonchev–Trinajstić information content (AvgIpc) is 2.67. The van der Waals surface area contributed by atoms with Crippen molar-refractivity contribution < 1.29 is 14.6 Å². The highest BCUT2D eigenvalue weighted by atomic mass is 17.2. The fraction of sp³-hybridized carbons (Fsp3) is 0.273. The zero-order valence-electron chi connectivity index (χ0n) is 9.14. The van der Waals surface area contributed by atoms with Gasteiger partial charge in [0, 0.05) is 7.05 Å². The molecule has 0 aliphatic carbocycles. The normalized spacial score (nSPS) is 10.6. The lowest BCUT2D eigenvalue weighted by atomic mass is 10.2. The van der Waals surface area contributed by atoms with Gasteiger partial charge in [0.2, 0.25) is 0 Å². The molecular formula is C11H12N2O3. The molecule has 0 fully saturated rings. The van der Waals surface area contributed by atoms with Gasteiger partial charge < -0.3 is 4.57 Å². The maximum absolute atomic E-state index is 11.5. The number of benzene rings is 1. The maximum atomic E-state index is 11.5. The van der Waals surface area contributed by atoms with Gasteiger partial charge in [-0.15, -0.1) is 0 Å².